The Kier molecular flexibility index (Phi) is 57.1. The monoisotopic (exact) mass is 1250 g/mol. The zero-order valence-corrected chi connectivity index (χ0v) is 56.7. The molecule has 17 nitrogen and oxygen atoms in total. The number of phosphoric ester groups is 2. The molecule has 3 N–H and O–H groups in total. The van der Waals surface area contributed by atoms with Crippen molar-refractivity contribution < 1.29 is 80.2 Å². The summed E-state index contributed by atoms with van der Waals surface area (Å²) in [6, 6.07) is 0. The van der Waals surface area contributed by atoms with E-state index >= 15 is 0 Å². The summed E-state index contributed by atoms with van der Waals surface area (Å²) in [4.78, 5) is 72.1. The van der Waals surface area contributed by atoms with Gasteiger partial charge in [-0.3, -0.25) is 37.3 Å². The Morgan fingerprint density at radius 2 is 0.600 bits per heavy atom. The van der Waals surface area contributed by atoms with Crippen LogP contribution in [0, 0.1) is 11.8 Å². The van der Waals surface area contributed by atoms with E-state index in [1.165, 1.54) is 128 Å². The summed E-state index contributed by atoms with van der Waals surface area (Å²) in [5, 5.41) is 10.5. The molecule has 0 radical (unpaired) electrons. The molecule has 85 heavy (non-hydrogen) atoms. The number of esters is 4. The van der Waals surface area contributed by atoms with Crippen LogP contribution in [0.4, 0.5) is 0 Å². The fraction of sp³-hybridized carbons (Fsp3) is 0.939. The van der Waals surface area contributed by atoms with E-state index < -0.39 is 97.5 Å². The number of aliphatic hydroxyl groups excluding tert-OH is 1. The number of unbranched alkanes of at least 4 members (excludes halogenated alkanes) is 34. The van der Waals surface area contributed by atoms with Crippen LogP contribution in [0.25, 0.3) is 0 Å². The van der Waals surface area contributed by atoms with Crippen LogP contribution in [-0.2, 0) is 65.4 Å². The average molecular weight is 1260 g/mol. The molecular weight excluding hydrogens is 1130 g/mol. The van der Waals surface area contributed by atoms with E-state index in [1.54, 1.807) is 0 Å². The summed E-state index contributed by atoms with van der Waals surface area (Å²) in [6.07, 6.45) is 41.8. The zero-order valence-electron chi connectivity index (χ0n) is 54.9. The van der Waals surface area contributed by atoms with Gasteiger partial charge < -0.3 is 33.8 Å². The van der Waals surface area contributed by atoms with Gasteiger partial charge in [-0.2, -0.15) is 0 Å². The smallest absolute Gasteiger partial charge is 0.462 e. The van der Waals surface area contributed by atoms with Crippen molar-refractivity contribution in [3.05, 3.63) is 0 Å². The SMILES string of the molecule is CCCCCCCCCCC(=O)O[C@H](COC(=O)CCCCCCCCC)COP(=O)(O)OC[C@H](O)COP(=O)(O)OC[C@@H](COC(=O)CCCCCCCCCCC(C)CC)OC(=O)CCCCCCCCCCCCCCCCCC(C)C. The Labute approximate surface area is 517 Å². The molecule has 0 aliphatic carbocycles. The van der Waals surface area contributed by atoms with E-state index in [4.69, 9.17) is 37.0 Å². The number of ether oxygens (including phenoxy) is 4. The highest BCUT2D eigenvalue weighted by Gasteiger charge is 2.30. The number of carbonyl (C=O) groups excluding carboxylic acids is 4. The number of carbonyl (C=O) groups is 4. The van der Waals surface area contributed by atoms with Crippen molar-refractivity contribution >= 4 is 39.5 Å². The molecule has 3 unspecified atom stereocenters. The third-order valence-electron chi connectivity index (χ3n) is 15.6. The van der Waals surface area contributed by atoms with E-state index in [9.17, 15) is 43.2 Å². The molecule has 0 aliphatic rings. The van der Waals surface area contributed by atoms with Crippen molar-refractivity contribution in [3.63, 3.8) is 0 Å². The molecule has 0 amide bonds. The van der Waals surface area contributed by atoms with Crippen molar-refractivity contribution in [1.29, 1.82) is 0 Å². The van der Waals surface area contributed by atoms with Gasteiger partial charge in [0, 0.05) is 25.7 Å². The van der Waals surface area contributed by atoms with Gasteiger partial charge in [0.1, 0.15) is 19.3 Å². The van der Waals surface area contributed by atoms with Crippen molar-refractivity contribution in [2.45, 2.75) is 349 Å². The average Bonchev–Trinajstić information content (AvgIpc) is 3.47. The summed E-state index contributed by atoms with van der Waals surface area (Å²) in [5.74, 6) is -0.557. The minimum atomic E-state index is -4.95. The Balaban J connectivity index is 5.17. The third kappa shape index (κ3) is 59.5. The molecule has 6 atom stereocenters. The van der Waals surface area contributed by atoms with Gasteiger partial charge >= 0.3 is 39.5 Å². The molecular formula is C66H128O17P2. The summed E-state index contributed by atoms with van der Waals surface area (Å²) >= 11 is 0. The molecule has 0 aromatic carbocycles. The first-order valence-electron chi connectivity index (χ1n) is 34.5. The lowest BCUT2D eigenvalue weighted by atomic mass is 9.99. The van der Waals surface area contributed by atoms with Crippen LogP contribution in [0.2, 0.25) is 0 Å². The van der Waals surface area contributed by atoms with Gasteiger partial charge in [-0.05, 0) is 37.5 Å². The molecule has 0 aromatic rings. The van der Waals surface area contributed by atoms with Crippen LogP contribution in [0.3, 0.4) is 0 Å². The highest BCUT2D eigenvalue weighted by atomic mass is 31.2. The number of phosphoric acid groups is 2. The number of hydrogen-bond acceptors (Lipinski definition) is 15. The third-order valence-corrected chi connectivity index (χ3v) is 17.5. The van der Waals surface area contributed by atoms with Gasteiger partial charge in [-0.15, -0.1) is 0 Å². The fourth-order valence-electron chi connectivity index (χ4n) is 9.85. The van der Waals surface area contributed by atoms with Crippen LogP contribution in [0.5, 0.6) is 0 Å². The molecule has 0 heterocycles. The molecule has 0 rings (SSSR count). The summed E-state index contributed by atoms with van der Waals surface area (Å²) < 4.78 is 67.9. The van der Waals surface area contributed by atoms with E-state index in [-0.39, 0.29) is 25.7 Å². The largest absolute Gasteiger partial charge is 0.472 e. The lowest BCUT2D eigenvalue weighted by Crippen LogP contribution is -2.30. The Morgan fingerprint density at radius 3 is 0.894 bits per heavy atom. The molecule has 0 aromatic heterocycles. The second kappa shape index (κ2) is 58.4. The quantitative estimate of drug-likeness (QED) is 0.0222. The molecule has 0 saturated heterocycles. The lowest BCUT2D eigenvalue weighted by molar-refractivity contribution is -0.161. The molecule has 0 spiro atoms. The van der Waals surface area contributed by atoms with Gasteiger partial charge in [0.25, 0.3) is 0 Å². The molecule has 0 bridgehead atoms. The van der Waals surface area contributed by atoms with E-state index in [0.717, 1.165) is 121 Å². The first kappa shape index (κ1) is 83.1. The highest BCUT2D eigenvalue weighted by Crippen LogP contribution is 2.45. The van der Waals surface area contributed by atoms with Gasteiger partial charge in [0.15, 0.2) is 12.2 Å². The van der Waals surface area contributed by atoms with Crippen LogP contribution in [-0.4, -0.2) is 96.7 Å². The minimum absolute atomic E-state index is 0.104. The molecule has 0 aliphatic heterocycles. The fourth-order valence-corrected chi connectivity index (χ4v) is 11.4. The number of rotatable bonds is 65. The summed E-state index contributed by atoms with van der Waals surface area (Å²) in [7, 11) is -9.88. The van der Waals surface area contributed by atoms with Gasteiger partial charge in [-0.1, -0.05) is 279 Å². The first-order chi connectivity index (χ1) is 40.9. The van der Waals surface area contributed by atoms with Crippen LogP contribution < -0.4 is 0 Å². The normalized spacial score (nSPS) is 14.6. The second-order valence-electron chi connectivity index (χ2n) is 24.6. The maximum Gasteiger partial charge on any atom is 0.472 e. The van der Waals surface area contributed by atoms with E-state index in [1.807, 2.05) is 0 Å². The lowest BCUT2D eigenvalue weighted by Gasteiger charge is -2.21. The van der Waals surface area contributed by atoms with Crippen molar-refractivity contribution in [2.24, 2.45) is 11.8 Å². The van der Waals surface area contributed by atoms with Gasteiger partial charge in [0.05, 0.1) is 26.4 Å². The van der Waals surface area contributed by atoms with Crippen molar-refractivity contribution in [1.82, 2.24) is 0 Å². The summed E-state index contributed by atoms with van der Waals surface area (Å²) in [5.41, 5.74) is 0. The minimum Gasteiger partial charge on any atom is -0.462 e. The zero-order chi connectivity index (χ0) is 62.9. The molecule has 19 heteroatoms. The van der Waals surface area contributed by atoms with Crippen LogP contribution in [0.1, 0.15) is 330 Å². The Morgan fingerprint density at radius 1 is 0.341 bits per heavy atom. The Bertz CT molecular complexity index is 1670. The maximum absolute atomic E-state index is 13.0. The molecule has 504 valence electrons. The van der Waals surface area contributed by atoms with E-state index in [2.05, 4.69) is 41.5 Å². The topological polar surface area (TPSA) is 237 Å². The van der Waals surface area contributed by atoms with Gasteiger partial charge in [0.2, 0.25) is 0 Å². The summed E-state index contributed by atoms with van der Waals surface area (Å²) in [6.45, 7) is 9.47. The van der Waals surface area contributed by atoms with Crippen molar-refractivity contribution in [3.8, 4) is 0 Å². The first-order valence-corrected chi connectivity index (χ1v) is 37.5. The highest BCUT2D eigenvalue weighted by molar-refractivity contribution is 7.47. The molecule has 0 fully saturated rings. The van der Waals surface area contributed by atoms with Crippen LogP contribution in [0.15, 0.2) is 0 Å². The predicted molar refractivity (Wildman–Crippen MR) is 340 cm³/mol. The maximum atomic E-state index is 13.0. The Hall–Kier alpha value is -1.94. The number of aliphatic hydroxyl groups is 1. The predicted octanol–water partition coefficient (Wildman–Crippen LogP) is 18.4. The van der Waals surface area contributed by atoms with Crippen molar-refractivity contribution in [2.75, 3.05) is 39.6 Å². The molecule has 0 saturated carbocycles. The second-order valence-corrected chi connectivity index (χ2v) is 27.5. The van der Waals surface area contributed by atoms with Gasteiger partial charge in [-0.25, -0.2) is 9.13 Å². The standard InChI is InChI=1S/C66H128O17P2/c1-7-10-12-14-16-31-38-44-50-65(70)82-61(54-76-63(68)48-42-36-28-15-13-11-8-2)56-80-84(72,73)78-52-60(67)53-79-85(74,75)81-57-62(55-77-64(69)49-43-37-32-27-26-30-35-41-47-59(6)9-3)83-66(71)51-45-39-33-25-23-21-19-17-18-20-22-24-29-34-40-46-58(4)5/h58-62,67H,7-57H2,1-6H3,(H,72,73)(H,74,75)/t59?,60-,61+,62+/m0/s1. The van der Waals surface area contributed by atoms with E-state index in [0.29, 0.717) is 25.7 Å². The number of hydrogen-bond donors (Lipinski definition) is 3. The van der Waals surface area contributed by atoms with Crippen LogP contribution >= 0.6 is 15.6 Å².